The van der Waals surface area contributed by atoms with Crippen LogP contribution < -0.4 is 0 Å². The van der Waals surface area contributed by atoms with Crippen LogP contribution in [0, 0.1) is 0 Å². The molecule has 0 N–H and O–H groups in total. The van der Waals surface area contributed by atoms with Crippen molar-refractivity contribution in [1.82, 2.24) is 9.88 Å². The predicted octanol–water partition coefficient (Wildman–Crippen LogP) is 1.61. The molecule has 3 heteroatoms. The first-order valence-electron chi connectivity index (χ1n) is 5.51. The molecular formula is C12H18N2O. The number of pyridine rings is 1. The molecule has 1 aliphatic rings. The molecular weight excluding hydrogens is 188 g/mol. The number of hydrogen-bond acceptors (Lipinski definition) is 3. The van der Waals surface area contributed by atoms with Crippen LogP contribution in [0.25, 0.3) is 0 Å². The third-order valence-corrected chi connectivity index (χ3v) is 2.90. The van der Waals surface area contributed by atoms with Crippen molar-refractivity contribution in [3.63, 3.8) is 0 Å². The number of aromatic nitrogens is 1. The molecule has 3 nitrogen and oxygen atoms in total. The van der Waals surface area contributed by atoms with Gasteiger partial charge in [0.2, 0.25) is 0 Å². The Kier molecular flexibility index (Phi) is 3.34. The normalized spacial score (nSPS) is 15.6. The van der Waals surface area contributed by atoms with Gasteiger partial charge in [0.05, 0.1) is 12.3 Å². The lowest BCUT2D eigenvalue weighted by atomic mass is 10.1. The lowest BCUT2D eigenvalue weighted by Gasteiger charge is -2.12. The summed E-state index contributed by atoms with van der Waals surface area (Å²) in [6.45, 7) is 5.96. The van der Waals surface area contributed by atoms with E-state index in [1.807, 2.05) is 6.20 Å². The van der Waals surface area contributed by atoms with E-state index >= 15 is 0 Å². The van der Waals surface area contributed by atoms with Gasteiger partial charge in [0.1, 0.15) is 0 Å². The zero-order chi connectivity index (χ0) is 10.7. The molecule has 0 atom stereocenters. The summed E-state index contributed by atoms with van der Waals surface area (Å²) in [4.78, 5) is 6.88. The highest BCUT2D eigenvalue weighted by Gasteiger charge is 2.19. The first-order chi connectivity index (χ1) is 7.33. The SMILES string of the molecule is CCc1cnc2c(c1)CN(CCOC)C2. The Balaban J connectivity index is 2.03. The number of rotatable bonds is 4. The zero-order valence-corrected chi connectivity index (χ0v) is 9.49. The number of methoxy groups -OCH3 is 1. The fourth-order valence-corrected chi connectivity index (χ4v) is 1.95. The topological polar surface area (TPSA) is 25.4 Å². The van der Waals surface area contributed by atoms with Crippen molar-refractivity contribution in [1.29, 1.82) is 0 Å². The molecule has 2 heterocycles. The number of fused-ring (bicyclic) bond motifs is 1. The van der Waals surface area contributed by atoms with E-state index in [0.29, 0.717) is 0 Å². The van der Waals surface area contributed by atoms with Gasteiger partial charge in [-0.25, -0.2) is 0 Å². The summed E-state index contributed by atoms with van der Waals surface area (Å²) in [7, 11) is 1.75. The van der Waals surface area contributed by atoms with Crippen LogP contribution in [0.4, 0.5) is 0 Å². The average molecular weight is 206 g/mol. The van der Waals surface area contributed by atoms with Crippen molar-refractivity contribution < 1.29 is 4.74 Å². The van der Waals surface area contributed by atoms with Gasteiger partial charge in [0, 0.05) is 32.9 Å². The van der Waals surface area contributed by atoms with Crippen molar-refractivity contribution in [3.05, 3.63) is 29.1 Å². The standard InChI is InChI=1S/C12H18N2O/c1-3-10-6-11-8-14(4-5-15-2)9-12(11)13-7-10/h6-7H,3-5,8-9H2,1-2H3. The van der Waals surface area contributed by atoms with Gasteiger partial charge < -0.3 is 4.74 Å². The second kappa shape index (κ2) is 4.73. The highest BCUT2D eigenvalue weighted by atomic mass is 16.5. The van der Waals surface area contributed by atoms with E-state index in [1.54, 1.807) is 7.11 Å². The Morgan fingerprint density at radius 2 is 2.33 bits per heavy atom. The van der Waals surface area contributed by atoms with Crippen molar-refractivity contribution >= 4 is 0 Å². The maximum absolute atomic E-state index is 5.09. The fraction of sp³-hybridized carbons (Fsp3) is 0.583. The quantitative estimate of drug-likeness (QED) is 0.748. The van der Waals surface area contributed by atoms with Crippen molar-refractivity contribution in [2.45, 2.75) is 26.4 Å². The Morgan fingerprint density at radius 3 is 3.07 bits per heavy atom. The number of aryl methyl sites for hydroxylation is 1. The molecule has 1 aromatic heterocycles. The molecule has 0 aliphatic carbocycles. The summed E-state index contributed by atoms with van der Waals surface area (Å²) in [5.41, 5.74) is 3.97. The predicted molar refractivity (Wildman–Crippen MR) is 59.6 cm³/mol. The molecule has 1 aromatic rings. The number of nitrogens with zero attached hydrogens (tertiary/aromatic N) is 2. The van der Waals surface area contributed by atoms with Gasteiger partial charge in [-0.05, 0) is 17.5 Å². The minimum absolute atomic E-state index is 0.800. The lowest BCUT2D eigenvalue weighted by Crippen LogP contribution is -2.21. The first-order valence-corrected chi connectivity index (χ1v) is 5.51. The van der Waals surface area contributed by atoms with E-state index in [0.717, 1.165) is 32.7 Å². The summed E-state index contributed by atoms with van der Waals surface area (Å²) < 4.78 is 5.09. The summed E-state index contributed by atoms with van der Waals surface area (Å²) in [5, 5.41) is 0. The molecule has 15 heavy (non-hydrogen) atoms. The van der Waals surface area contributed by atoms with Crippen molar-refractivity contribution in [2.75, 3.05) is 20.3 Å². The highest BCUT2D eigenvalue weighted by molar-refractivity contribution is 5.28. The summed E-state index contributed by atoms with van der Waals surface area (Å²) in [6.07, 6.45) is 3.07. The third-order valence-electron chi connectivity index (χ3n) is 2.90. The Hall–Kier alpha value is -0.930. The van der Waals surface area contributed by atoms with Gasteiger partial charge in [0.15, 0.2) is 0 Å². The maximum Gasteiger partial charge on any atom is 0.0589 e. The molecule has 0 fully saturated rings. The molecule has 0 radical (unpaired) electrons. The summed E-state index contributed by atoms with van der Waals surface area (Å²) in [6, 6.07) is 2.29. The Morgan fingerprint density at radius 1 is 1.47 bits per heavy atom. The van der Waals surface area contributed by atoms with Gasteiger partial charge >= 0.3 is 0 Å². The van der Waals surface area contributed by atoms with E-state index in [-0.39, 0.29) is 0 Å². The van der Waals surface area contributed by atoms with Crippen LogP contribution in [-0.4, -0.2) is 30.1 Å². The van der Waals surface area contributed by atoms with Crippen LogP contribution in [0.2, 0.25) is 0 Å². The zero-order valence-electron chi connectivity index (χ0n) is 9.49. The average Bonchev–Trinajstić information content (AvgIpc) is 2.67. The van der Waals surface area contributed by atoms with Crippen LogP contribution in [0.3, 0.4) is 0 Å². The smallest absolute Gasteiger partial charge is 0.0589 e. The molecule has 0 unspecified atom stereocenters. The Bertz CT molecular complexity index is 338. The number of ether oxygens (including phenoxy) is 1. The second-order valence-corrected chi connectivity index (χ2v) is 4.01. The number of hydrogen-bond donors (Lipinski definition) is 0. The van der Waals surface area contributed by atoms with Crippen LogP contribution in [0.15, 0.2) is 12.3 Å². The maximum atomic E-state index is 5.09. The lowest BCUT2D eigenvalue weighted by molar-refractivity contribution is 0.147. The Labute approximate surface area is 91.1 Å². The molecule has 82 valence electrons. The molecule has 1 aliphatic heterocycles. The molecule has 2 rings (SSSR count). The first kappa shape index (κ1) is 10.6. The van der Waals surface area contributed by atoms with Crippen LogP contribution in [0.1, 0.15) is 23.7 Å². The molecule has 0 spiro atoms. The van der Waals surface area contributed by atoms with Gasteiger partial charge in [-0.15, -0.1) is 0 Å². The minimum atomic E-state index is 0.800. The van der Waals surface area contributed by atoms with E-state index in [1.165, 1.54) is 16.8 Å². The van der Waals surface area contributed by atoms with Gasteiger partial charge in [-0.3, -0.25) is 9.88 Å². The minimum Gasteiger partial charge on any atom is -0.383 e. The van der Waals surface area contributed by atoms with Crippen molar-refractivity contribution in [3.8, 4) is 0 Å². The van der Waals surface area contributed by atoms with E-state index in [9.17, 15) is 0 Å². The van der Waals surface area contributed by atoms with Gasteiger partial charge in [-0.2, -0.15) is 0 Å². The largest absolute Gasteiger partial charge is 0.383 e. The monoisotopic (exact) mass is 206 g/mol. The molecule has 0 bridgehead atoms. The fourth-order valence-electron chi connectivity index (χ4n) is 1.95. The highest BCUT2D eigenvalue weighted by Crippen LogP contribution is 2.21. The molecule has 0 aromatic carbocycles. The second-order valence-electron chi connectivity index (χ2n) is 4.01. The summed E-state index contributed by atoms with van der Waals surface area (Å²) in [5.74, 6) is 0. The third kappa shape index (κ3) is 2.36. The summed E-state index contributed by atoms with van der Waals surface area (Å²) >= 11 is 0. The van der Waals surface area contributed by atoms with Crippen molar-refractivity contribution in [2.24, 2.45) is 0 Å². The van der Waals surface area contributed by atoms with Crippen LogP contribution in [-0.2, 0) is 24.2 Å². The molecule has 0 saturated carbocycles. The van der Waals surface area contributed by atoms with Gasteiger partial charge in [0.25, 0.3) is 0 Å². The van der Waals surface area contributed by atoms with Crippen LogP contribution >= 0.6 is 0 Å². The van der Waals surface area contributed by atoms with Crippen LogP contribution in [0.5, 0.6) is 0 Å². The van der Waals surface area contributed by atoms with Gasteiger partial charge in [-0.1, -0.05) is 13.0 Å². The van der Waals surface area contributed by atoms with E-state index < -0.39 is 0 Å². The molecule has 0 saturated heterocycles. The van der Waals surface area contributed by atoms with E-state index in [4.69, 9.17) is 4.74 Å². The molecule has 0 amide bonds. The van der Waals surface area contributed by atoms with E-state index in [2.05, 4.69) is 22.9 Å².